The molecule has 0 spiro atoms. The second-order valence-corrected chi connectivity index (χ2v) is 9.23. The molecule has 2 heterocycles. The van der Waals surface area contributed by atoms with Crippen molar-refractivity contribution in [1.82, 2.24) is 14.7 Å². The topological polar surface area (TPSA) is 53.1 Å². The van der Waals surface area contributed by atoms with E-state index in [-0.39, 0.29) is 24.0 Å². The molecule has 0 aromatic heterocycles. The number of amides is 1. The number of ketones is 1. The van der Waals surface area contributed by atoms with Crippen LogP contribution in [-0.2, 0) is 0 Å². The fourth-order valence-corrected chi connectivity index (χ4v) is 4.73. The van der Waals surface area contributed by atoms with E-state index in [1.54, 1.807) is 12.1 Å². The second kappa shape index (κ2) is 11.6. The average Bonchev–Trinajstić information content (AvgIpc) is 3.27. The summed E-state index contributed by atoms with van der Waals surface area (Å²) in [6, 6.07) is 14.3. The summed E-state index contributed by atoms with van der Waals surface area (Å²) in [6.45, 7) is 7.37. The number of ether oxygens (including phenoxy) is 1. The summed E-state index contributed by atoms with van der Waals surface area (Å²) in [5.74, 6) is -0.423. The van der Waals surface area contributed by atoms with Gasteiger partial charge in [0.1, 0.15) is 0 Å². The molecule has 182 valence electrons. The minimum atomic E-state index is -0.501. The molecule has 0 aliphatic carbocycles. The SMILES string of the molecule is CC1CCCN1CCCOc1ccc(C(=O)CN2CCN(C(=O)c3ccccc3)CC2)cc1F. The van der Waals surface area contributed by atoms with Crippen molar-refractivity contribution in [1.29, 1.82) is 0 Å². The van der Waals surface area contributed by atoms with Crippen LogP contribution < -0.4 is 4.74 Å². The van der Waals surface area contributed by atoms with Crippen LogP contribution in [0.25, 0.3) is 0 Å². The van der Waals surface area contributed by atoms with Crippen molar-refractivity contribution in [3.63, 3.8) is 0 Å². The van der Waals surface area contributed by atoms with Crippen LogP contribution in [0.2, 0.25) is 0 Å². The quantitative estimate of drug-likeness (QED) is 0.416. The lowest BCUT2D eigenvalue weighted by Gasteiger charge is -2.34. The molecule has 2 aliphatic rings. The molecule has 2 fully saturated rings. The number of hydrogen-bond acceptors (Lipinski definition) is 5. The molecular weight excluding hydrogens is 433 g/mol. The number of hydrogen-bond donors (Lipinski definition) is 0. The van der Waals surface area contributed by atoms with Gasteiger partial charge in [0.15, 0.2) is 17.3 Å². The zero-order valence-electron chi connectivity index (χ0n) is 19.9. The Morgan fingerprint density at radius 3 is 2.44 bits per heavy atom. The molecule has 0 N–H and O–H groups in total. The number of halogens is 1. The Kier molecular flexibility index (Phi) is 8.29. The maximum atomic E-state index is 14.5. The van der Waals surface area contributed by atoms with Crippen LogP contribution in [0.5, 0.6) is 5.75 Å². The largest absolute Gasteiger partial charge is 0.490 e. The molecule has 0 radical (unpaired) electrons. The van der Waals surface area contributed by atoms with Gasteiger partial charge in [-0.1, -0.05) is 18.2 Å². The van der Waals surface area contributed by atoms with Crippen LogP contribution in [0.15, 0.2) is 48.5 Å². The Bertz CT molecular complexity index is 976. The van der Waals surface area contributed by atoms with Crippen LogP contribution in [-0.4, -0.2) is 84.9 Å². The third-order valence-electron chi connectivity index (χ3n) is 6.84. The van der Waals surface area contributed by atoms with Gasteiger partial charge in [-0.3, -0.25) is 14.5 Å². The van der Waals surface area contributed by atoms with E-state index >= 15 is 0 Å². The second-order valence-electron chi connectivity index (χ2n) is 9.23. The molecule has 6 nitrogen and oxygen atoms in total. The lowest BCUT2D eigenvalue weighted by molar-refractivity contribution is 0.0624. The highest BCUT2D eigenvalue weighted by atomic mass is 19.1. The van der Waals surface area contributed by atoms with Crippen LogP contribution >= 0.6 is 0 Å². The highest BCUT2D eigenvalue weighted by Gasteiger charge is 2.24. The molecule has 4 rings (SSSR count). The van der Waals surface area contributed by atoms with Gasteiger partial charge in [0.2, 0.25) is 0 Å². The summed E-state index contributed by atoms with van der Waals surface area (Å²) in [4.78, 5) is 31.6. The van der Waals surface area contributed by atoms with E-state index < -0.39 is 5.82 Å². The van der Waals surface area contributed by atoms with Crippen molar-refractivity contribution < 1.29 is 18.7 Å². The Hall–Kier alpha value is -2.77. The molecule has 34 heavy (non-hydrogen) atoms. The fraction of sp³-hybridized carbons (Fsp3) is 0.481. The van der Waals surface area contributed by atoms with Gasteiger partial charge in [-0.05, 0) is 63.1 Å². The first-order valence-electron chi connectivity index (χ1n) is 12.3. The summed E-state index contributed by atoms with van der Waals surface area (Å²) in [6.07, 6.45) is 3.34. The molecule has 2 aromatic rings. The summed E-state index contributed by atoms with van der Waals surface area (Å²) in [5.41, 5.74) is 1.02. The monoisotopic (exact) mass is 467 g/mol. The first-order chi connectivity index (χ1) is 16.5. The van der Waals surface area contributed by atoms with E-state index in [4.69, 9.17) is 4.74 Å². The first kappa shape index (κ1) is 24.4. The zero-order valence-corrected chi connectivity index (χ0v) is 19.9. The van der Waals surface area contributed by atoms with Gasteiger partial charge in [0, 0.05) is 49.9 Å². The number of carbonyl (C=O) groups excluding carboxylic acids is 2. The minimum absolute atomic E-state index is 0.0131. The van der Waals surface area contributed by atoms with Crippen molar-refractivity contribution >= 4 is 11.7 Å². The summed E-state index contributed by atoms with van der Waals surface area (Å²) >= 11 is 0. The molecule has 1 unspecified atom stereocenters. The lowest BCUT2D eigenvalue weighted by Crippen LogP contribution is -2.49. The van der Waals surface area contributed by atoms with E-state index in [2.05, 4.69) is 11.8 Å². The molecule has 2 aliphatic heterocycles. The number of benzene rings is 2. The summed E-state index contributed by atoms with van der Waals surface area (Å²) in [7, 11) is 0. The van der Waals surface area contributed by atoms with Crippen molar-refractivity contribution in [2.75, 3.05) is 52.4 Å². The van der Waals surface area contributed by atoms with Crippen molar-refractivity contribution in [2.45, 2.75) is 32.2 Å². The fourth-order valence-electron chi connectivity index (χ4n) is 4.73. The van der Waals surface area contributed by atoms with Crippen molar-refractivity contribution in [3.8, 4) is 5.75 Å². The highest BCUT2D eigenvalue weighted by molar-refractivity contribution is 5.98. The van der Waals surface area contributed by atoms with Crippen molar-refractivity contribution in [3.05, 3.63) is 65.5 Å². The number of likely N-dealkylation sites (tertiary alicyclic amines) is 1. The number of carbonyl (C=O) groups is 2. The number of rotatable bonds is 9. The number of nitrogens with zero attached hydrogens (tertiary/aromatic N) is 3. The van der Waals surface area contributed by atoms with Crippen LogP contribution in [0.3, 0.4) is 0 Å². The van der Waals surface area contributed by atoms with Crippen LogP contribution in [0.4, 0.5) is 4.39 Å². The predicted molar refractivity (Wildman–Crippen MR) is 130 cm³/mol. The maximum absolute atomic E-state index is 14.5. The zero-order chi connectivity index (χ0) is 23.9. The maximum Gasteiger partial charge on any atom is 0.253 e. The molecule has 2 aromatic carbocycles. The molecule has 2 saturated heterocycles. The predicted octanol–water partition coefficient (Wildman–Crippen LogP) is 3.72. The molecule has 1 atom stereocenters. The molecular formula is C27H34FN3O3. The van der Waals surface area contributed by atoms with Gasteiger partial charge in [0.05, 0.1) is 13.2 Å². The van der Waals surface area contributed by atoms with E-state index in [0.29, 0.717) is 50.0 Å². The Morgan fingerprint density at radius 2 is 1.76 bits per heavy atom. The number of Topliss-reactive ketones (excluding diaryl/α,β-unsaturated/α-hetero) is 1. The van der Waals surface area contributed by atoms with Gasteiger partial charge in [0.25, 0.3) is 5.91 Å². The molecule has 0 saturated carbocycles. The van der Waals surface area contributed by atoms with E-state index in [1.807, 2.05) is 40.1 Å². The Morgan fingerprint density at radius 1 is 1.00 bits per heavy atom. The van der Waals surface area contributed by atoms with Gasteiger partial charge < -0.3 is 14.5 Å². The smallest absolute Gasteiger partial charge is 0.253 e. The number of piperazine rings is 1. The molecule has 1 amide bonds. The van der Waals surface area contributed by atoms with Gasteiger partial charge >= 0.3 is 0 Å². The van der Waals surface area contributed by atoms with E-state index in [0.717, 1.165) is 19.5 Å². The minimum Gasteiger partial charge on any atom is -0.490 e. The third-order valence-corrected chi connectivity index (χ3v) is 6.84. The Labute approximate surface area is 201 Å². The Balaban J connectivity index is 1.21. The average molecular weight is 468 g/mol. The standard InChI is InChI=1S/C27H34FN3O3/c1-21-7-5-12-30(21)13-6-18-34-26-11-10-23(19-24(26)28)25(32)20-29-14-16-31(17-15-29)27(33)22-8-3-2-4-9-22/h2-4,8-11,19,21H,5-7,12-18,20H2,1H3. The normalized spacial score (nSPS) is 19.4. The summed E-state index contributed by atoms with van der Waals surface area (Å²) < 4.78 is 20.2. The lowest BCUT2D eigenvalue weighted by atomic mass is 10.1. The highest BCUT2D eigenvalue weighted by Crippen LogP contribution is 2.20. The van der Waals surface area contributed by atoms with E-state index in [1.165, 1.54) is 18.9 Å². The first-order valence-corrected chi connectivity index (χ1v) is 12.3. The van der Waals surface area contributed by atoms with Crippen molar-refractivity contribution in [2.24, 2.45) is 0 Å². The third kappa shape index (κ3) is 6.21. The van der Waals surface area contributed by atoms with Gasteiger partial charge in [-0.15, -0.1) is 0 Å². The van der Waals surface area contributed by atoms with Crippen LogP contribution in [0, 0.1) is 5.82 Å². The molecule has 7 heteroatoms. The molecule has 0 bridgehead atoms. The van der Waals surface area contributed by atoms with Gasteiger partial charge in [-0.2, -0.15) is 0 Å². The van der Waals surface area contributed by atoms with Crippen LogP contribution in [0.1, 0.15) is 46.9 Å². The van der Waals surface area contributed by atoms with Gasteiger partial charge in [-0.25, -0.2) is 4.39 Å². The summed E-state index contributed by atoms with van der Waals surface area (Å²) in [5, 5.41) is 0. The van der Waals surface area contributed by atoms with E-state index in [9.17, 15) is 14.0 Å².